The highest BCUT2D eigenvalue weighted by atomic mass is 32.2. The van der Waals surface area contributed by atoms with Gasteiger partial charge in [0.1, 0.15) is 10.6 Å². The minimum Gasteiger partial charge on any atom is -0.454 e. The van der Waals surface area contributed by atoms with Crippen molar-refractivity contribution < 1.29 is 13.2 Å². The van der Waals surface area contributed by atoms with Crippen LogP contribution in [0.15, 0.2) is 41.3 Å². The summed E-state index contributed by atoms with van der Waals surface area (Å²) in [5.41, 5.74) is 2.73. The van der Waals surface area contributed by atoms with Gasteiger partial charge in [0.05, 0.1) is 5.69 Å². The third kappa shape index (κ3) is 5.97. The maximum atomic E-state index is 12.3. The third-order valence-electron chi connectivity index (χ3n) is 4.63. The van der Waals surface area contributed by atoms with E-state index in [1.165, 1.54) is 0 Å². The van der Waals surface area contributed by atoms with Gasteiger partial charge in [0.25, 0.3) is 0 Å². The van der Waals surface area contributed by atoms with Gasteiger partial charge in [-0.1, -0.05) is 44.4 Å². The molecular formula is C22H32N2O3S. The number of primary sulfonamides is 1. The third-order valence-corrected chi connectivity index (χ3v) is 5.55. The first-order valence-electron chi connectivity index (χ1n) is 9.93. The molecule has 2 N–H and O–H groups in total. The van der Waals surface area contributed by atoms with E-state index < -0.39 is 10.0 Å². The second kappa shape index (κ2) is 9.94. The minimum atomic E-state index is -3.93. The SMILES string of the molecule is CCCCN(CCCC)c1cc(C)cc(S(N)(=O)=O)c1Oc1ccc(C)cc1. The number of rotatable bonds is 10. The van der Waals surface area contributed by atoms with Crippen LogP contribution in [-0.4, -0.2) is 21.5 Å². The molecule has 2 rings (SSSR count). The summed E-state index contributed by atoms with van der Waals surface area (Å²) in [4.78, 5) is 2.25. The summed E-state index contributed by atoms with van der Waals surface area (Å²) < 4.78 is 30.8. The molecule has 0 atom stereocenters. The van der Waals surface area contributed by atoms with Crippen LogP contribution in [0.5, 0.6) is 11.5 Å². The predicted molar refractivity (Wildman–Crippen MR) is 116 cm³/mol. The van der Waals surface area contributed by atoms with Crippen molar-refractivity contribution >= 4 is 15.7 Å². The van der Waals surface area contributed by atoms with Crippen LogP contribution in [0.4, 0.5) is 5.69 Å². The van der Waals surface area contributed by atoms with Gasteiger partial charge in [0.15, 0.2) is 5.75 Å². The highest BCUT2D eigenvalue weighted by molar-refractivity contribution is 7.89. The maximum absolute atomic E-state index is 12.3. The molecule has 0 fully saturated rings. The van der Waals surface area contributed by atoms with Crippen LogP contribution in [0.25, 0.3) is 0 Å². The van der Waals surface area contributed by atoms with E-state index in [0.29, 0.717) is 11.5 Å². The molecular weight excluding hydrogens is 372 g/mol. The van der Waals surface area contributed by atoms with E-state index in [1.54, 1.807) is 6.07 Å². The van der Waals surface area contributed by atoms with E-state index in [4.69, 9.17) is 9.88 Å². The first-order valence-corrected chi connectivity index (χ1v) is 11.5. The molecule has 0 saturated carbocycles. The minimum absolute atomic E-state index is 0.0288. The molecule has 0 bridgehead atoms. The van der Waals surface area contributed by atoms with Crippen molar-refractivity contribution in [2.24, 2.45) is 5.14 Å². The molecule has 0 radical (unpaired) electrons. The molecule has 28 heavy (non-hydrogen) atoms. The number of hydrogen-bond donors (Lipinski definition) is 1. The Bertz CT molecular complexity index is 869. The number of ether oxygens (including phenoxy) is 1. The van der Waals surface area contributed by atoms with Crippen molar-refractivity contribution in [1.29, 1.82) is 0 Å². The topological polar surface area (TPSA) is 72.6 Å². The van der Waals surface area contributed by atoms with Crippen molar-refractivity contribution in [2.75, 3.05) is 18.0 Å². The Morgan fingerprint density at radius 3 is 2.00 bits per heavy atom. The van der Waals surface area contributed by atoms with Gasteiger partial charge in [0.2, 0.25) is 10.0 Å². The lowest BCUT2D eigenvalue weighted by Crippen LogP contribution is -2.27. The van der Waals surface area contributed by atoms with Gasteiger partial charge in [-0.05, 0) is 56.5 Å². The molecule has 6 heteroatoms. The summed E-state index contributed by atoms with van der Waals surface area (Å²) in [6.45, 7) is 9.85. The quantitative estimate of drug-likeness (QED) is 0.594. The molecule has 5 nitrogen and oxygen atoms in total. The molecule has 0 aliphatic carbocycles. The molecule has 0 unspecified atom stereocenters. The average molecular weight is 405 g/mol. The van der Waals surface area contributed by atoms with Crippen LogP contribution >= 0.6 is 0 Å². The zero-order valence-corrected chi connectivity index (χ0v) is 18.2. The Morgan fingerprint density at radius 1 is 0.929 bits per heavy atom. The van der Waals surface area contributed by atoms with Crippen molar-refractivity contribution in [3.8, 4) is 11.5 Å². The van der Waals surface area contributed by atoms with Gasteiger partial charge in [0, 0.05) is 13.1 Å². The normalized spacial score (nSPS) is 11.5. The van der Waals surface area contributed by atoms with E-state index in [1.807, 2.05) is 44.2 Å². The second-order valence-electron chi connectivity index (χ2n) is 7.27. The van der Waals surface area contributed by atoms with E-state index >= 15 is 0 Å². The van der Waals surface area contributed by atoms with Gasteiger partial charge in [-0.25, -0.2) is 13.6 Å². The first kappa shape index (κ1) is 22.2. The number of nitrogens with zero attached hydrogens (tertiary/aromatic N) is 1. The van der Waals surface area contributed by atoms with E-state index in [9.17, 15) is 8.42 Å². The van der Waals surface area contributed by atoms with Gasteiger partial charge in [-0.3, -0.25) is 0 Å². The monoisotopic (exact) mass is 404 g/mol. The summed E-state index contributed by atoms with van der Waals surface area (Å²) in [7, 11) is -3.93. The lowest BCUT2D eigenvalue weighted by Gasteiger charge is -2.28. The molecule has 0 heterocycles. The van der Waals surface area contributed by atoms with E-state index in [0.717, 1.165) is 55.6 Å². The summed E-state index contributed by atoms with van der Waals surface area (Å²) in [5, 5.41) is 5.55. The van der Waals surface area contributed by atoms with Crippen LogP contribution in [0.2, 0.25) is 0 Å². The Labute approximate surface area is 169 Å². The van der Waals surface area contributed by atoms with Gasteiger partial charge in [-0.2, -0.15) is 0 Å². The lowest BCUT2D eigenvalue weighted by atomic mass is 10.1. The van der Waals surface area contributed by atoms with Crippen LogP contribution < -0.4 is 14.8 Å². The van der Waals surface area contributed by atoms with Crippen molar-refractivity contribution in [1.82, 2.24) is 0 Å². The molecule has 0 spiro atoms. The van der Waals surface area contributed by atoms with Crippen molar-refractivity contribution in [3.05, 3.63) is 47.5 Å². The van der Waals surface area contributed by atoms with Crippen molar-refractivity contribution in [2.45, 2.75) is 58.3 Å². The fourth-order valence-corrected chi connectivity index (χ4v) is 3.80. The van der Waals surface area contributed by atoms with E-state index in [-0.39, 0.29) is 4.90 Å². The highest BCUT2D eigenvalue weighted by Gasteiger charge is 2.23. The maximum Gasteiger partial charge on any atom is 0.241 e. The number of benzene rings is 2. The number of anilines is 1. The fourth-order valence-electron chi connectivity index (χ4n) is 3.05. The van der Waals surface area contributed by atoms with Crippen LogP contribution in [0.1, 0.15) is 50.7 Å². The van der Waals surface area contributed by atoms with Crippen molar-refractivity contribution in [3.63, 3.8) is 0 Å². The van der Waals surface area contributed by atoms with Crippen LogP contribution in [-0.2, 0) is 10.0 Å². The van der Waals surface area contributed by atoms with Crippen LogP contribution in [0.3, 0.4) is 0 Å². The molecule has 0 aliphatic rings. The lowest BCUT2D eigenvalue weighted by molar-refractivity contribution is 0.465. The fraction of sp³-hybridized carbons (Fsp3) is 0.455. The molecule has 0 saturated heterocycles. The van der Waals surface area contributed by atoms with Gasteiger partial charge < -0.3 is 9.64 Å². The Balaban J connectivity index is 2.60. The number of unbranched alkanes of at least 4 members (excludes halogenated alkanes) is 2. The molecule has 2 aromatic rings. The van der Waals surface area contributed by atoms with Gasteiger partial charge >= 0.3 is 0 Å². The first-order chi connectivity index (χ1) is 13.3. The number of sulfonamides is 1. The Hall–Kier alpha value is -2.05. The summed E-state index contributed by atoms with van der Waals surface area (Å²) in [5.74, 6) is 0.899. The van der Waals surface area contributed by atoms with Crippen LogP contribution in [0, 0.1) is 13.8 Å². The molecule has 2 aromatic carbocycles. The Morgan fingerprint density at radius 2 is 1.50 bits per heavy atom. The van der Waals surface area contributed by atoms with Gasteiger partial charge in [-0.15, -0.1) is 0 Å². The van der Waals surface area contributed by atoms with E-state index in [2.05, 4.69) is 18.7 Å². The average Bonchev–Trinajstić information content (AvgIpc) is 2.64. The summed E-state index contributed by atoms with van der Waals surface area (Å²) >= 11 is 0. The summed E-state index contributed by atoms with van der Waals surface area (Å²) in [6.07, 6.45) is 4.16. The number of aryl methyl sites for hydroxylation is 2. The largest absolute Gasteiger partial charge is 0.454 e. The second-order valence-corrected chi connectivity index (χ2v) is 8.80. The number of hydrogen-bond acceptors (Lipinski definition) is 4. The zero-order chi connectivity index (χ0) is 20.7. The Kier molecular flexibility index (Phi) is 7.89. The predicted octanol–water partition coefficient (Wildman–Crippen LogP) is 5.15. The standard InChI is InChI=1S/C22H32N2O3S/c1-5-7-13-24(14-8-6-2)20-15-18(4)16-21(28(23,25)26)22(20)27-19-11-9-17(3)10-12-19/h9-12,15-16H,5-8,13-14H2,1-4H3,(H2,23,25,26). The molecule has 154 valence electrons. The summed E-state index contributed by atoms with van der Waals surface area (Å²) in [6, 6.07) is 11.1. The highest BCUT2D eigenvalue weighted by Crippen LogP contribution is 2.39. The molecule has 0 aromatic heterocycles. The molecule has 0 amide bonds. The zero-order valence-electron chi connectivity index (χ0n) is 17.4. The smallest absolute Gasteiger partial charge is 0.241 e. The molecule has 0 aliphatic heterocycles. The number of nitrogens with two attached hydrogens (primary N) is 1.